The van der Waals surface area contributed by atoms with Crippen molar-refractivity contribution in [2.24, 2.45) is 0 Å². The van der Waals surface area contributed by atoms with E-state index in [0.717, 1.165) is 43.2 Å². The van der Waals surface area contributed by atoms with Gasteiger partial charge in [0, 0.05) is 50.2 Å². The second kappa shape index (κ2) is 7.80. The van der Waals surface area contributed by atoms with E-state index >= 15 is 0 Å². The number of anilines is 1. The molecule has 1 atom stereocenters. The molecular weight excluding hydrogens is 340 g/mol. The second-order valence-electron chi connectivity index (χ2n) is 6.83. The van der Waals surface area contributed by atoms with Gasteiger partial charge in [0.2, 0.25) is 0 Å². The molecule has 0 radical (unpaired) electrons. The molecule has 3 aromatic rings. The Morgan fingerprint density at radius 3 is 2.63 bits per heavy atom. The first-order valence-electron chi connectivity index (χ1n) is 9.21. The maximum absolute atomic E-state index is 5.52. The Kier molecular flexibility index (Phi) is 5.07. The summed E-state index contributed by atoms with van der Waals surface area (Å²) in [6.45, 7) is 6.03. The fourth-order valence-corrected chi connectivity index (χ4v) is 3.54. The van der Waals surface area contributed by atoms with Crippen molar-refractivity contribution < 1.29 is 9.15 Å². The number of methoxy groups -OCH3 is 1. The van der Waals surface area contributed by atoms with Crippen LogP contribution in [0, 0.1) is 0 Å². The SMILES string of the molecule is COc1ccccc1N1CCN(Cc2cnc(-c3ccco3)nc2)C(C)C1. The van der Waals surface area contributed by atoms with Crippen molar-refractivity contribution in [3.8, 4) is 17.3 Å². The van der Waals surface area contributed by atoms with E-state index in [-0.39, 0.29) is 0 Å². The topological polar surface area (TPSA) is 54.6 Å². The molecule has 1 aliphatic rings. The molecule has 0 spiro atoms. The lowest BCUT2D eigenvalue weighted by Gasteiger charge is -2.41. The second-order valence-corrected chi connectivity index (χ2v) is 6.83. The standard InChI is InChI=1S/C21H24N4O2/c1-16-14-25(18-6-3-4-7-19(18)26-2)10-9-24(16)15-17-12-22-21(23-13-17)20-8-5-11-27-20/h3-8,11-13,16H,9-10,14-15H2,1-2H3. The van der Waals surface area contributed by atoms with Crippen LogP contribution >= 0.6 is 0 Å². The van der Waals surface area contributed by atoms with Crippen LogP contribution in [0.5, 0.6) is 5.75 Å². The van der Waals surface area contributed by atoms with Gasteiger partial charge in [-0.2, -0.15) is 0 Å². The Bertz CT molecular complexity index is 864. The number of benzene rings is 1. The number of para-hydroxylation sites is 2. The molecule has 2 aromatic heterocycles. The summed E-state index contributed by atoms with van der Waals surface area (Å²) < 4.78 is 10.9. The Labute approximate surface area is 159 Å². The normalized spacial score (nSPS) is 17.9. The van der Waals surface area contributed by atoms with Crippen molar-refractivity contribution >= 4 is 5.69 Å². The van der Waals surface area contributed by atoms with Gasteiger partial charge in [-0.25, -0.2) is 9.97 Å². The van der Waals surface area contributed by atoms with Crippen LogP contribution in [0.25, 0.3) is 11.6 Å². The van der Waals surface area contributed by atoms with Gasteiger partial charge in [-0.05, 0) is 31.2 Å². The van der Waals surface area contributed by atoms with Gasteiger partial charge in [-0.15, -0.1) is 0 Å². The summed E-state index contributed by atoms with van der Waals surface area (Å²) in [5, 5.41) is 0. The molecule has 1 saturated heterocycles. The molecule has 1 aromatic carbocycles. The zero-order valence-electron chi connectivity index (χ0n) is 15.7. The maximum Gasteiger partial charge on any atom is 0.195 e. The molecule has 1 aliphatic heterocycles. The monoisotopic (exact) mass is 364 g/mol. The minimum atomic E-state index is 0.424. The van der Waals surface area contributed by atoms with Crippen LogP contribution in [0.2, 0.25) is 0 Å². The largest absolute Gasteiger partial charge is 0.495 e. The average molecular weight is 364 g/mol. The molecule has 0 aliphatic carbocycles. The fraction of sp³-hybridized carbons (Fsp3) is 0.333. The summed E-state index contributed by atoms with van der Waals surface area (Å²) in [7, 11) is 1.73. The number of rotatable bonds is 5. The molecule has 27 heavy (non-hydrogen) atoms. The van der Waals surface area contributed by atoms with Gasteiger partial charge in [-0.3, -0.25) is 4.90 Å². The van der Waals surface area contributed by atoms with Crippen LogP contribution in [0.1, 0.15) is 12.5 Å². The minimum absolute atomic E-state index is 0.424. The molecule has 0 bridgehead atoms. The van der Waals surface area contributed by atoms with E-state index in [1.54, 1.807) is 13.4 Å². The van der Waals surface area contributed by atoms with E-state index in [9.17, 15) is 0 Å². The van der Waals surface area contributed by atoms with Gasteiger partial charge < -0.3 is 14.1 Å². The predicted octanol–water partition coefficient (Wildman–Crippen LogP) is 3.46. The summed E-state index contributed by atoms with van der Waals surface area (Å²) in [5.74, 6) is 2.25. The fourth-order valence-electron chi connectivity index (χ4n) is 3.54. The minimum Gasteiger partial charge on any atom is -0.495 e. The van der Waals surface area contributed by atoms with Gasteiger partial charge in [0.05, 0.1) is 19.1 Å². The summed E-state index contributed by atoms with van der Waals surface area (Å²) in [4.78, 5) is 13.7. The highest BCUT2D eigenvalue weighted by Gasteiger charge is 2.25. The molecule has 1 unspecified atom stereocenters. The number of ether oxygens (including phenoxy) is 1. The Balaban J connectivity index is 1.40. The molecular formula is C21H24N4O2. The smallest absolute Gasteiger partial charge is 0.195 e. The van der Waals surface area contributed by atoms with Crippen molar-refractivity contribution in [2.45, 2.75) is 19.5 Å². The van der Waals surface area contributed by atoms with Crippen LogP contribution in [0.3, 0.4) is 0 Å². The van der Waals surface area contributed by atoms with E-state index in [1.807, 2.05) is 36.7 Å². The third-order valence-electron chi connectivity index (χ3n) is 5.02. The summed E-state index contributed by atoms with van der Waals surface area (Å²) in [5.41, 5.74) is 2.28. The number of nitrogens with zero attached hydrogens (tertiary/aromatic N) is 4. The lowest BCUT2D eigenvalue weighted by Crippen LogP contribution is -2.51. The maximum atomic E-state index is 5.52. The predicted molar refractivity (Wildman–Crippen MR) is 105 cm³/mol. The number of piperazine rings is 1. The highest BCUT2D eigenvalue weighted by Crippen LogP contribution is 2.29. The molecule has 0 amide bonds. The summed E-state index contributed by atoms with van der Waals surface area (Å²) in [6.07, 6.45) is 5.42. The molecule has 0 N–H and O–H groups in total. The average Bonchev–Trinajstić information content (AvgIpc) is 3.25. The van der Waals surface area contributed by atoms with E-state index < -0.39 is 0 Å². The third-order valence-corrected chi connectivity index (χ3v) is 5.02. The molecule has 6 heteroatoms. The van der Waals surface area contributed by atoms with Gasteiger partial charge in [0.25, 0.3) is 0 Å². The molecule has 1 fully saturated rings. The molecule has 140 valence electrons. The van der Waals surface area contributed by atoms with E-state index in [1.165, 1.54) is 0 Å². The first-order valence-corrected chi connectivity index (χ1v) is 9.21. The van der Waals surface area contributed by atoms with Crippen molar-refractivity contribution in [2.75, 3.05) is 31.6 Å². The highest BCUT2D eigenvalue weighted by molar-refractivity contribution is 5.58. The van der Waals surface area contributed by atoms with Gasteiger partial charge in [0.1, 0.15) is 5.75 Å². The van der Waals surface area contributed by atoms with Crippen molar-refractivity contribution in [3.05, 3.63) is 60.6 Å². The van der Waals surface area contributed by atoms with Gasteiger partial charge >= 0.3 is 0 Å². The van der Waals surface area contributed by atoms with Crippen LogP contribution in [-0.4, -0.2) is 47.7 Å². The van der Waals surface area contributed by atoms with Crippen LogP contribution in [-0.2, 0) is 6.54 Å². The van der Waals surface area contributed by atoms with Gasteiger partial charge in [0.15, 0.2) is 11.6 Å². The number of aromatic nitrogens is 2. The zero-order valence-corrected chi connectivity index (χ0v) is 15.7. The molecule has 0 saturated carbocycles. The summed E-state index contributed by atoms with van der Waals surface area (Å²) in [6, 6.07) is 12.4. The Hall–Kier alpha value is -2.86. The molecule has 4 rings (SSSR count). The number of hydrogen-bond donors (Lipinski definition) is 0. The lowest BCUT2D eigenvalue weighted by atomic mass is 10.1. The van der Waals surface area contributed by atoms with Crippen LogP contribution < -0.4 is 9.64 Å². The van der Waals surface area contributed by atoms with Crippen molar-refractivity contribution in [3.63, 3.8) is 0 Å². The van der Waals surface area contributed by atoms with Crippen molar-refractivity contribution in [1.29, 1.82) is 0 Å². The number of furan rings is 1. The van der Waals surface area contributed by atoms with E-state index in [4.69, 9.17) is 9.15 Å². The third kappa shape index (κ3) is 3.80. The van der Waals surface area contributed by atoms with Crippen LogP contribution in [0.4, 0.5) is 5.69 Å². The van der Waals surface area contributed by atoms with E-state index in [0.29, 0.717) is 17.6 Å². The van der Waals surface area contributed by atoms with Crippen LogP contribution in [0.15, 0.2) is 59.5 Å². The Morgan fingerprint density at radius 2 is 1.93 bits per heavy atom. The van der Waals surface area contributed by atoms with Gasteiger partial charge in [-0.1, -0.05) is 12.1 Å². The lowest BCUT2D eigenvalue weighted by molar-refractivity contribution is 0.180. The molecule has 6 nitrogen and oxygen atoms in total. The number of hydrogen-bond acceptors (Lipinski definition) is 6. The Morgan fingerprint density at radius 1 is 1.11 bits per heavy atom. The first kappa shape index (κ1) is 17.5. The molecule has 3 heterocycles. The quantitative estimate of drug-likeness (QED) is 0.691. The highest BCUT2D eigenvalue weighted by atomic mass is 16.5. The van der Waals surface area contributed by atoms with E-state index in [2.05, 4.69) is 38.8 Å². The summed E-state index contributed by atoms with van der Waals surface area (Å²) >= 11 is 0. The first-order chi connectivity index (χ1) is 13.2. The zero-order chi connectivity index (χ0) is 18.6. The van der Waals surface area contributed by atoms with Crippen molar-refractivity contribution in [1.82, 2.24) is 14.9 Å².